The number of hydrogen-bond acceptors (Lipinski definition) is 6. The highest BCUT2D eigenvalue weighted by Crippen LogP contribution is 2.35. The van der Waals surface area contributed by atoms with E-state index in [0.29, 0.717) is 11.5 Å². The number of ether oxygens (including phenoxy) is 2. The Balaban J connectivity index is 1.47. The number of piperazine rings is 1. The van der Waals surface area contributed by atoms with E-state index in [2.05, 4.69) is 54.0 Å². The smallest absolute Gasteiger partial charge is 0.173 e. The lowest BCUT2D eigenvalue weighted by atomic mass is 10.2. The van der Waals surface area contributed by atoms with Crippen molar-refractivity contribution in [3.05, 3.63) is 46.7 Å². The number of hydrogen-bond donors (Lipinski definition) is 1. The molecule has 1 N–H and O–H groups in total. The average Bonchev–Trinajstić information content (AvgIpc) is 2.80. The molecule has 0 aliphatic carbocycles. The molecule has 4 rings (SSSR count). The average molecular weight is 502 g/mol. The lowest BCUT2D eigenvalue weighted by Gasteiger charge is -2.37. The number of halogens is 1. The fourth-order valence-corrected chi connectivity index (χ4v) is 4.21. The van der Waals surface area contributed by atoms with Gasteiger partial charge in [0.2, 0.25) is 0 Å². The van der Waals surface area contributed by atoms with Crippen LogP contribution < -0.4 is 19.7 Å². The summed E-state index contributed by atoms with van der Waals surface area (Å²) in [7, 11) is 3.25. The van der Waals surface area contributed by atoms with Crippen LogP contribution in [0.4, 0.5) is 11.5 Å². The van der Waals surface area contributed by atoms with Gasteiger partial charge in [0.25, 0.3) is 0 Å². The number of anilines is 2. The molecule has 1 aliphatic heterocycles. The van der Waals surface area contributed by atoms with Gasteiger partial charge in [0.05, 0.1) is 19.7 Å². The number of fused-ring (bicyclic) bond motifs is 1. The van der Waals surface area contributed by atoms with Crippen LogP contribution in [-0.2, 0) is 0 Å². The predicted molar refractivity (Wildman–Crippen MR) is 132 cm³/mol. The lowest BCUT2D eigenvalue weighted by Crippen LogP contribution is -2.50. The van der Waals surface area contributed by atoms with Gasteiger partial charge < -0.3 is 24.6 Å². The Labute approximate surface area is 195 Å². The number of aryl methyl sites for hydroxylation is 1. The fourth-order valence-electron chi connectivity index (χ4n) is 3.67. The molecule has 9 heteroatoms. The molecular formula is C22H24BrN5O2S. The van der Waals surface area contributed by atoms with Crippen molar-refractivity contribution in [2.24, 2.45) is 0 Å². The maximum Gasteiger partial charge on any atom is 0.173 e. The van der Waals surface area contributed by atoms with Crippen molar-refractivity contribution in [3.8, 4) is 11.5 Å². The number of thiocarbonyl (C=S) groups is 1. The van der Waals surface area contributed by atoms with Crippen molar-refractivity contribution in [3.63, 3.8) is 0 Å². The number of benzene rings is 2. The molecule has 31 heavy (non-hydrogen) atoms. The van der Waals surface area contributed by atoms with Gasteiger partial charge in [-0.3, -0.25) is 0 Å². The van der Waals surface area contributed by atoms with Crippen LogP contribution in [0.2, 0.25) is 0 Å². The van der Waals surface area contributed by atoms with Crippen molar-refractivity contribution in [2.45, 2.75) is 6.92 Å². The quantitative estimate of drug-likeness (QED) is 0.532. The van der Waals surface area contributed by atoms with E-state index in [-0.39, 0.29) is 0 Å². The molecule has 0 saturated carbocycles. The molecule has 2 heterocycles. The normalized spacial score (nSPS) is 13.9. The molecule has 1 aromatic heterocycles. The molecule has 0 atom stereocenters. The van der Waals surface area contributed by atoms with Crippen molar-refractivity contribution in [2.75, 3.05) is 50.6 Å². The van der Waals surface area contributed by atoms with E-state index in [9.17, 15) is 0 Å². The van der Waals surface area contributed by atoms with Crippen LogP contribution in [0.3, 0.4) is 0 Å². The summed E-state index contributed by atoms with van der Waals surface area (Å²) in [6.07, 6.45) is 1.60. The summed E-state index contributed by atoms with van der Waals surface area (Å²) in [6.45, 7) is 5.29. The van der Waals surface area contributed by atoms with Gasteiger partial charge in [0, 0.05) is 47.8 Å². The number of methoxy groups -OCH3 is 2. The monoisotopic (exact) mass is 501 g/mol. The Kier molecular flexibility index (Phi) is 6.43. The molecule has 0 amide bonds. The highest BCUT2D eigenvalue weighted by atomic mass is 79.9. The second-order valence-corrected chi connectivity index (χ2v) is 8.53. The van der Waals surface area contributed by atoms with Gasteiger partial charge in [0.1, 0.15) is 12.1 Å². The largest absolute Gasteiger partial charge is 0.493 e. The zero-order chi connectivity index (χ0) is 22.0. The topological polar surface area (TPSA) is 62.8 Å². The second-order valence-electron chi connectivity index (χ2n) is 7.29. The predicted octanol–water partition coefficient (Wildman–Crippen LogP) is 4.24. The van der Waals surface area contributed by atoms with Gasteiger partial charge in [0.15, 0.2) is 16.6 Å². The molecule has 1 aliphatic rings. The van der Waals surface area contributed by atoms with Gasteiger partial charge in [-0.1, -0.05) is 15.9 Å². The maximum absolute atomic E-state index is 5.65. The second kappa shape index (κ2) is 9.23. The minimum absolute atomic E-state index is 0.657. The van der Waals surface area contributed by atoms with Crippen LogP contribution in [0.25, 0.3) is 10.9 Å². The summed E-state index contributed by atoms with van der Waals surface area (Å²) in [5.41, 5.74) is 2.99. The molecule has 1 fully saturated rings. The van der Waals surface area contributed by atoms with Gasteiger partial charge in [-0.15, -0.1) is 0 Å². The van der Waals surface area contributed by atoms with Crippen molar-refractivity contribution >= 4 is 55.7 Å². The van der Waals surface area contributed by atoms with E-state index in [0.717, 1.165) is 58.2 Å². The van der Waals surface area contributed by atoms with E-state index in [1.165, 1.54) is 5.56 Å². The first-order valence-corrected chi connectivity index (χ1v) is 11.1. The summed E-state index contributed by atoms with van der Waals surface area (Å²) in [4.78, 5) is 13.4. The Morgan fingerprint density at radius 1 is 1.03 bits per heavy atom. The zero-order valence-corrected chi connectivity index (χ0v) is 20.1. The molecule has 0 bridgehead atoms. The molecule has 0 radical (unpaired) electrons. The van der Waals surface area contributed by atoms with E-state index >= 15 is 0 Å². The highest BCUT2D eigenvalue weighted by Gasteiger charge is 2.22. The summed E-state index contributed by atoms with van der Waals surface area (Å²) in [6, 6.07) is 9.96. The standard InChI is InChI=1S/C22H24BrN5O2S/c1-14-10-15(4-5-17(14)23)26-22(31)28-8-6-27(7-9-28)21-16-11-19(29-2)20(30-3)12-18(16)24-13-25-21/h4-5,10-13H,6-9H2,1-3H3,(H,26,31). The first-order chi connectivity index (χ1) is 15.0. The minimum Gasteiger partial charge on any atom is -0.493 e. The molecule has 7 nitrogen and oxygen atoms in total. The Morgan fingerprint density at radius 2 is 1.74 bits per heavy atom. The van der Waals surface area contributed by atoms with Gasteiger partial charge >= 0.3 is 0 Å². The van der Waals surface area contributed by atoms with Crippen molar-refractivity contribution in [1.29, 1.82) is 0 Å². The third kappa shape index (κ3) is 4.52. The zero-order valence-electron chi connectivity index (χ0n) is 17.7. The minimum atomic E-state index is 0.657. The van der Waals surface area contributed by atoms with Crippen LogP contribution in [0.1, 0.15) is 5.56 Å². The lowest BCUT2D eigenvalue weighted by molar-refractivity contribution is 0.355. The Bertz CT molecular complexity index is 1120. The molecule has 1 saturated heterocycles. The van der Waals surface area contributed by atoms with Gasteiger partial charge in [-0.25, -0.2) is 9.97 Å². The fraction of sp³-hybridized carbons (Fsp3) is 0.318. The molecule has 3 aromatic rings. The summed E-state index contributed by atoms with van der Waals surface area (Å²) >= 11 is 9.19. The van der Waals surface area contributed by atoms with Crippen molar-refractivity contribution in [1.82, 2.24) is 14.9 Å². The van der Waals surface area contributed by atoms with E-state index < -0.39 is 0 Å². The first kappa shape index (κ1) is 21.6. The van der Waals surface area contributed by atoms with E-state index in [1.807, 2.05) is 24.3 Å². The molecule has 162 valence electrons. The number of nitrogens with zero attached hydrogens (tertiary/aromatic N) is 4. The highest BCUT2D eigenvalue weighted by molar-refractivity contribution is 9.10. The summed E-state index contributed by atoms with van der Waals surface area (Å²) < 4.78 is 12.0. The third-order valence-corrected chi connectivity index (χ3v) is 6.65. The molecule has 0 spiro atoms. The van der Waals surface area contributed by atoms with E-state index in [4.69, 9.17) is 21.7 Å². The van der Waals surface area contributed by atoms with Crippen LogP contribution in [-0.4, -0.2) is 60.4 Å². The van der Waals surface area contributed by atoms with Crippen LogP contribution in [0.15, 0.2) is 41.1 Å². The molecular weight excluding hydrogens is 478 g/mol. The molecule has 0 unspecified atom stereocenters. The number of aromatic nitrogens is 2. The van der Waals surface area contributed by atoms with Gasteiger partial charge in [-0.05, 0) is 49.0 Å². The van der Waals surface area contributed by atoms with E-state index in [1.54, 1.807) is 20.5 Å². The SMILES string of the molecule is COc1cc2ncnc(N3CCN(C(=S)Nc4ccc(Br)c(C)c4)CC3)c2cc1OC. The summed E-state index contributed by atoms with van der Waals surface area (Å²) in [5.74, 6) is 2.22. The summed E-state index contributed by atoms with van der Waals surface area (Å²) in [5, 5.41) is 5.03. The Hall–Kier alpha value is -2.65. The number of nitrogens with one attached hydrogen (secondary N) is 1. The number of rotatable bonds is 4. The van der Waals surface area contributed by atoms with Crippen LogP contribution >= 0.6 is 28.1 Å². The molecule has 2 aromatic carbocycles. The first-order valence-electron chi connectivity index (χ1n) is 9.94. The van der Waals surface area contributed by atoms with Crippen LogP contribution in [0, 0.1) is 6.92 Å². The van der Waals surface area contributed by atoms with Crippen molar-refractivity contribution < 1.29 is 9.47 Å². The van der Waals surface area contributed by atoms with Crippen LogP contribution in [0.5, 0.6) is 11.5 Å². The maximum atomic E-state index is 5.65. The van der Waals surface area contributed by atoms with Gasteiger partial charge in [-0.2, -0.15) is 0 Å². The Morgan fingerprint density at radius 3 is 2.42 bits per heavy atom. The third-order valence-electron chi connectivity index (χ3n) is 5.40.